The first-order valence-electron chi connectivity index (χ1n) is 6.65. The summed E-state index contributed by atoms with van der Waals surface area (Å²) < 4.78 is 2.06. The average Bonchev–Trinajstić information content (AvgIpc) is 2.86. The zero-order chi connectivity index (χ0) is 14.6. The fraction of sp³-hybridized carbons (Fsp3) is 0.400. The minimum atomic E-state index is -0.695. The van der Waals surface area contributed by atoms with Gasteiger partial charge in [-0.1, -0.05) is 18.2 Å². The molecule has 5 nitrogen and oxygen atoms in total. The molecule has 0 aliphatic heterocycles. The Labute approximate surface area is 118 Å². The van der Waals surface area contributed by atoms with E-state index in [4.69, 9.17) is 0 Å². The number of rotatable bonds is 6. The van der Waals surface area contributed by atoms with E-state index in [9.17, 15) is 10.2 Å². The van der Waals surface area contributed by atoms with E-state index in [1.165, 1.54) is 0 Å². The Balaban J connectivity index is 2.22. The molecule has 2 rings (SSSR count). The third-order valence-corrected chi connectivity index (χ3v) is 3.42. The lowest BCUT2D eigenvalue weighted by molar-refractivity contribution is 0.103. The zero-order valence-corrected chi connectivity index (χ0v) is 11.9. The van der Waals surface area contributed by atoms with Gasteiger partial charge in [0.05, 0.1) is 30.6 Å². The molecule has 1 aromatic carbocycles. The summed E-state index contributed by atoms with van der Waals surface area (Å²) in [6.07, 6.45) is 1.81. The summed E-state index contributed by atoms with van der Waals surface area (Å²) >= 11 is 0. The van der Waals surface area contributed by atoms with Crippen molar-refractivity contribution in [2.24, 2.45) is 0 Å². The summed E-state index contributed by atoms with van der Waals surface area (Å²) in [6.45, 7) is 4.01. The highest BCUT2D eigenvalue weighted by atomic mass is 16.3. The fourth-order valence-corrected chi connectivity index (χ4v) is 2.01. The van der Waals surface area contributed by atoms with E-state index in [-0.39, 0.29) is 13.2 Å². The summed E-state index contributed by atoms with van der Waals surface area (Å²) in [5.74, 6) is 0.905. The number of nitrogens with zero attached hydrogens (tertiary/aromatic N) is 2. The molecular weight excluding hydrogens is 254 g/mol. The van der Waals surface area contributed by atoms with Gasteiger partial charge in [-0.25, -0.2) is 4.98 Å². The minimum Gasteiger partial charge on any atom is -0.394 e. The number of hydrogen-bond donors (Lipinski definition) is 3. The molecule has 1 aromatic heterocycles. The van der Waals surface area contributed by atoms with Crippen molar-refractivity contribution in [3.05, 3.63) is 48.0 Å². The lowest BCUT2D eigenvalue weighted by atomic mass is 10.1. The first-order valence-corrected chi connectivity index (χ1v) is 6.65. The minimum absolute atomic E-state index is 0.123. The van der Waals surface area contributed by atoms with Crippen molar-refractivity contribution in [3.8, 4) is 5.69 Å². The number of imidazole rings is 1. The monoisotopic (exact) mass is 275 g/mol. The van der Waals surface area contributed by atoms with Gasteiger partial charge in [-0.3, -0.25) is 4.57 Å². The quantitative estimate of drug-likeness (QED) is 0.736. The first-order chi connectivity index (χ1) is 9.59. The summed E-state index contributed by atoms with van der Waals surface area (Å²) in [4.78, 5) is 4.34. The molecule has 0 bridgehead atoms. The van der Waals surface area contributed by atoms with Crippen molar-refractivity contribution in [1.82, 2.24) is 14.9 Å². The smallest absolute Gasteiger partial charge is 0.110 e. The van der Waals surface area contributed by atoms with E-state index in [0.717, 1.165) is 17.2 Å². The zero-order valence-electron chi connectivity index (χ0n) is 11.9. The molecule has 0 aliphatic carbocycles. The molecule has 0 saturated heterocycles. The Morgan fingerprint density at radius 2 is 1.85 bits per heavy atom. The highest BCUT2D eigenvalue weighted by Crippen LogP contribution is 2.15. The number of aryl methyl sites for hydroxylation is 1. The Morgan fingerprint density at radius 3 is 2.45 bits per heavy atom. The lowest BCUT2D eigenvalue weighted by Gasteiger charge is -2.26. The van der Waals surface area contributed by atoms with Crippen LogP contribution in [0.4, 0.5) is 0 Å². The molecule has 5 heteroatoms. The van der Waals surface area contributed by atoms with Crippen LogP contribution in [0.25, 0.3) is 5.69 Å². The van der Waals surface area contributed by atoms with Gasteiger partial charge in [0, 0.05) is 12.2 Å². The first kappa shape index (κ1) is 14.7. The molecule has 108 valence electrons. The Bertz CT molecular complexity index is 548. The van der Waals surface area contributed by atoms with Gasteiger partial charge in [-0.05, 0) is 26.0 Å². The van der Waals surface area contributed by atoms with Crippen LogP contribution in [-0.4, -0.2) is 38.5 Å². The summed E-state index contributed by atoms with van der Waals surface area (Å²) in [5, 5.41) is 21.8. The maximum Gasteiger partial charge on any atom is 0.110 e. The second-order valence-electron chi connectivity index (χ2n) is 5.20. The summed E-state index contributed by atoms with van der Waals surface area (Å²) in [6, 6.07) is 9.99. The van der Waals surface area contributed by atoms with Gasteiger partial charge < -0.3 is 15.5 Å². The second kappa shape index (κ2) is 6.17. The molecule has 2 aromatic rings. The van der Waals surface area contributed by atoms with Gasteiger partial charge in [-0.15, -0.1) is 0 Å². The van der Waals surface area contributed by atoms with E-state index in [0.29, 0.717) is 6.54 Å². The predicted octanol–water partition coefficient (Wildman–Crippen LogP) is 1.01. The van der Waals surface area contributed by atoms with Gasteiger partial charge in [0.15, 0.2) is 0 Å². The number of benzene rings is 1. The lowest BCUT2D eigenvalue weighted by Crippen LogP contribution is -2.48. The molecule has 0 saturated carbocycles. The Hall–Kier alpha value is -1.69. The van der Waals surface area contributed by atoms with Crippen LogP contribution in [0.3, 0.4) is 0 Å². The standard InChI is InChI=1S/C15H21N3O2/c1-12-16-8-14(9-17-15(2,10-19)11-20)18(12)13-6-4-3-5-7-13/h3-8,17,19-20H,9-11H2,1-2H3. The molecule has 0 radical (unpaired) electrons. The third-order valence-electron chi connectivity index (χ3n) is 3.42. The van der Waals surface area contributed by atoms with Crippen molar-refractivity contribution in [1.29, 1.82) is 0 Å². The largest absolute Gasteiger partial charge is 0.394 e. The Morgan fingerprint density at radius 1 is 1.20 bits per heavy atom. The SMILES string of the molecule is Cc1ncc(CNC(C)(CO)CO)n1-c1ccccc1. The van der Waals surface area contributed by atoms with Crippen LogP contribution in [0.1, 0.15) is 18.4 Å². The molecule has 0 spiro atoms. The maximum atomic E-state index is 9.31. The topological polar surface area (TPSA) is 70.3 Å². The number of aliphatic hydroxyl groups is 2. The van der Waals surface area contributed by atoms with Crippen LogP contribution in [0.15, 0.2) is 36.5 Å². The van der Waals surface area contributed by atoms with E-state index in [1.54, 1.807) is 6.92 Å². The van der Waals surface area contributed by atoms with Gasteiger partial charge in [0.1, 0.15) is 5.82 Å². The molecule has 0 amide bonds. The van der Waals surface area contributed by atoms with Crippen molar-refractivity contribution in [2.45, 2.75) is 25.9 Å². The van der Waals surface area contributed by atoms with Gasteiger partial charge in [-0.2, -0.15) is 0 Å². The van der Waals surface area contributed by atoms with E-state index in [2.05, 4.69) is 14.9 Å². The fourth-order valence-electron chi connectivity index (χ4n) is 2.01. The molecule has 0 unspecified atom stereocenters. The highest BCUT2D eigenvalue weighted by Gasteiger charge is 2.22. The number of nitrogens with one attached hydrogen (secondary N) is 1. The average molecular weight is 275 g/mol. The summed E-state index contributed by atoms with van der Waals surface area (Å²) in [5.41, 5.74) is 1.34. The van der Waals surface area contributed by atoms with Crippen LogP contribution in [-0.2, 0) is 6.54 Å². The van der Waals surface area contributed by atoms with Crippen LogP contribution in [0, 0.1) is 6.92 Å². The normalized spacial score (nSPS) is 11.8. The molecule has 0 aliphatic rings. The predicted molar refractivity (Wildman–Crippen MR) is 77.7 cm³/mol. The van der Waals surface area contributed by atoms with Crippen molar-refractivity contribution >= 4 is 0 Å². The number of aromatic nitrogens is 2. The molecular formula is C15H21N3O2. The molecule has 3 N–H and O–H groups in total. The summed E-state index contributed by atoms with van der Waals surface area (Å²) in [7, 11) is 0. The van der Waals surface area contributed by atoms with Gasteiger partial charge in [0.2, 0.25) is 0 Å². The highest BCUT2D eigenvalue weighted by molar-refractivity contribution is 5.35. The van der Waals surface area contributed by atoms with E-state index in [1.807, 2.05) is 43.5 Å². The molecule has 1 heterocycles. The van der Waals surface area contributed by atoms with E-state index >= 15 is 0 Å². The van der Waals surface area contributed by atoms with Crippen molar-refractivity contribution in [2.75, 3.05) is 13.2 Å². The van der Waals surface area contributed by atoms with Crippen LogP contribution >= 0.6 is 0 Å². The van der Waals surface area contributed by atoms with Crippen molar-refractivity contribution in [3.63, 3.8) is 0 Å². The van der Waals surface area contributed by atoms with Crippen molar-refractivity contribution < 1.29 is 10.2 Å². The van der Waals surface area contributed by atoms with Crippen LogP contribution in [0.5, 0.6) is 0 Å². The number of para-hydroxylation sites is 1. The van der Waals surface area contributed by atoms with Gasteiger partial charge in [0.25, 0.3) is 0 Å². The van der Waals surface area contributed by atoms with E-state index < -0.39 is 5.54 Å². The third kappa shape index (κ3) is 3.07. The molecule has 0 atom stereocenters. The maximum absolute atomic E-state index is 9.31. The van der Waals surface area contributed by atoms with Crippen LogP contribution < -0.4 is 5.32 Å². The molecule has 20 heavy (non-hydrogen) atoms. The second-order valence-corrected chi connectivity index (χ2v) is 5.20. The van der Waals surface area contributed by atoms with Crippen LogP contribution in [0.2, 0.25) is 0 Å². The Kier molecular flexibility index (Phi) is 4.54. The molecule has 0 fully saturated rings. The van der Waals surface area contributed by atoms with Gasteiger partial charge >= 0.3 is 0 Å². The number of aliphatic hydroxyl groups excluding tert-OH is 2. The number of hydrogen-bond acceptors (Lipinski definition) is 4.